The first kappa shape index (κ1) is 29.9. The Morgan fingerprint density at radius 2 is 1.13 bits per heavy atom. The third-order valence-electron chi connectivity index (χ3n) is 5.65. The Morgan fingerprint density at radius 1 is 0.733 bits per heavy atom. The van der Waals surface area contributed by atoms with Crippen LogP contribution >= 0.6 is 0 Å². The zero-order valence-corrected chi connectivity index (χ0v) is 22.1. The summed E-state index contributed by atoms with van der Waals surface area (Å²) in [7, 11) is -4.33. The van der Waals surface area contributed by atoms with Crippen LogP contribution in [0.25, 0.3) is 0 Å². The van der Waals surface area contributed by atoms with E-state index in [4.69, 9.17) is 0 Å². The summed E-state index contributed by atoms with van der Waals surface area (Å²) in [6.45, 7) is 2.26. The van der Waals surface area contributed by atoms with Crippen LogP contribution in [0.3, 0.4) is 0 Å². The number of unbranched alkanes of at least 4 members (excludes halogenated alkanes) is 15. The van der Waals surface area contributed by atoms with Crippen molar-refractivity contribution < 1.29 is 47.6 Å². The van der Waals surface area contributed by atoms with Gasteiger partial charge in [-0.05, 0) is 24.5 Å². The number of hydrogen-bond acceptors (Lipinski definition) is 3. The predicted molar refractivity (Wildman–Crippen MR) is 119 cm³/mol. The van der Waals surface area contributed by atoms with E-state index in [1.54, 1.807) is 0 Å². The fourth-order valence-corrected chi connectivity index (χ4v) is 4.65. The van der Waals surface area contributed by atoms with Crippen LogP contribution in [0.5, 0.6) is 5.75 Å². The quantitative estimate of drug-likeness (QED) is 0.210. The van der Waals surface area contributed by atoms with Gasteiger partial charge in [-0.2, -0.15) is 8.42 Å². The molecule has 0 aromatic heterocycles. The molecule has 0 radical (unpaired) electrons. The van der Waals surface area contributed by atoms with Gasteiger partial charge in [0.05, 0.1) is 4.90 Å². The summed E-state index contributed by atoms with van der Waals surface area (Å²) < 4.78 is 32.1. The van der Waals surface area contributed by atoms with Gasteiger partial charge in [0.1, 0.15) is 0 Å². The smallest absolute Gasteiger partial charge is 0.872 e. The summed E-state index contributed by atoms with van der Waals surface area (Å²) in [5.74, 6) is -0.305. The van der Waals surface area contributed by atoms with E-state index in [1.807, 2.05) is 0 Å². The predicted octanol–water partition coefficient (Wildman–Crippen LogP) is 3.81. The fourth-order valence-electron chi connectivity index (χ4n) is 3.88. The molecule has 0 saturated heterocycles. The van der Waals surface area contributed by atoms with E-state index in [0.29, 0.717) is 6.42 Å². The Morgan fingerprint density at radius 3 is 1.53 bits per heavy atom. The van der Waals surface area contributed by atoms with Crippen molar-refractivity contribution in [1.82, 2.24) is 0 Å². The van der Waals surface area contributed by atoms with E-state index in [-0.39, 0.29) is 45.8 Å². The summed E-state index contributed by atoms with van der Waals surface area (Å²) in [4.78, 5) is -0.231. The standard InChI is InChI=1S/C24H42O4S.Na/c1-2-3-4-5-6-7-8-9-10-11-12-13-14-15-16-17-19-22-23(25)20-18-21-24(22)29(26,27)28;/h18,20-21,25H,2-17,19H2,1H3,(H,26,27,28);/q;+1/p-1. The van der Waals surface area contributed by atoms with Gasteiger partial charge in [-0.1, -0.05) is 115 Å². The average Bonchev–Trinajstić information content (AvgIpc) is 2.67. The van der Waals surface area contributed by atoms with Crippen LogP contribution in [-0.4, -0.2) is 13.0 Å². The number of rotatable bonds is 18. The molecule has 30 heavy (non-hydrogen) atoms. The van der Waals surface area contributed by atoms with Crippen LogP contribution in [-0.2, 0) is 16.5 Å². The molecule has 0 unspecified atom stereocenters. The molecule has 1 aromatic rings. The van der Waals surface area contributed by atoms with E-state index in [0.717, 1.165) is 19.3 Å². The molecule has 0 bridgehead atoms. The molecule has 4 nitrogen and oxygen atoms in total. The largest absolute Gasteiger partial charge is 1.00 e. The summed E-state index contributed by atoms with van der Waals surface area (Å²) in [6.07, 6.45) is 20.8. The molecule has 1 N–H and O–H groups in total. The van der Waals surface area contributed by atoms with E-state index < -0.39 is 10.1 Å². The van der Waals surface area contributed by atoms with Gasteiger partial charge < -0.3 is 5.11 Å². The van der Waals surface area contributed by atoms with Crippen molar-refractivity contribution in [1.29, 1.82) is 0 Å². The molecule has 1 rings (SSSR count). The van der Waals surface area contributed by atoms with Crippen molar-refractivity contribution in [3.05, 3.63) is 23.8 Å². The van der Waals surface area contributed by atoms with Crippen LogP contribution in [0, 0.1) is 0 Å². The monoisotopic (exact) mass is 448 g/mol. The van der Waals surface area contributed by atoms with Crippen molar-refractivity contribution >= 4 is 10.1 Å². The molecule has 0 spiro atoms. The van der Waals surface area contributed by atoms with Gasteiger partial charge in [-0.25, -0.2) is 0 Å². The summed E-state index contributed by atoms with van der Waals surface area (Å²) >= 11 is 0. The molecular formula is C24H41NaO4S. The molecule has 0 atom stereocenters. The Kier molecular flexibility index (Phi) is 18.5. The molecule has 0 aliphatic rings. The van der Waals surface area contributed by atoms with Crippen molar-refractivity contribution in [2.45, 2.75) is 121 Å². The molecule has 0 saturated carbocycles. The minimum Gasteiger partial charge on any atom is -0.872 e. The Labute approximate surface area is 207 Å². The molecule has 0 amide bonds. The van der Waals surface area contributed by atoms with Gasteiger partial charge in [-0.15, -0.1) is 5.75 Å². The molecular weight excluding hydrogens is 407 g/mol. The number of benzene rings is 1. The molecule has 0 aliphatic heterocycles. The first-order valence-corrected chi connectivity index (χ1v) is 13.2. The number of hydrogen-bond donors (Lipinski definition) is 1. The second kappa shape index (κ2) is 18.5. The maximum Gasteiger partial charge on any atom is 1.00 e. The molecule has 168 valence electrons. The van der Waals surface area contributed by atoms with Crippen molar-refractivity contribution in [3.63, 3.8) is 0 Å². The van der Waals surface area contributed by atoms with Gasteiger partial charge in [0.2, 0.25) is 0 Å². The first-order chi connectivity index (χ1) is 14.0. The van der Waals surface area contributed by atoms with Gasteiger partial charge in [0, 0.05) is 0 Å². The van der Waals surface area contributed by atoms with Crippen LogP contribution in [0.15, 0.2) is 23.1 Å². The topological polar surface area (TPSA) is 77.4 Å². The molecule has 0 aliphatic carbocycles. The SMILES string of the molecule is CCCCCCCCCCCCCCCCCCc1c([O-])cccc1S(=O)(=O)O.[Na+]. The van der Waals surface area contributed by atoms with Crippen LogP contribution in [0.2, 0.25) is 0 Å². The third kappa shape index (κ3) is 14.1. The molecule has 6 heteroatoms. The van der Waals surface area contributed by atoms with Gasteiger partial charge >= 0.3 is 29.6 Å². The van der Waals surface area contributed by atoms with E-state index >= 15 is 0 Å². The first-order valence-electron chi connectivity index (χ1n) is 11.7. The zero-order valence-electron chi connectivity index (χ0n) is 19.3. The second-order valence-corrected chi connectivity index (χ2v) is 9.65. The molecule has 0 fully saturated rings. The van der Waals surface area contributed by atoms with Gasteiger partial charge in [0.25, 0.3) is 10.1 Å². The van der Waals surface area contributed by atoms with E-state index in [2.05, 4.69) is 6.92 Å². The Balaban J connectivity index is 0.00000841. The minimum atomic E-state index is -4.33. The van der Waals surface area contributed by atoms with Crippen molar-refractivity contribution in [3.8, 4) is 5.75 Å². The maximum atomic E-state index is 11.9. The Hall–Kier alpha value is -0.0700. The molecule has 1 aromatic carbocycles. The third-order valence-corrected chi connectivity index (χ3v) is 6.59. The Bertz CT molecular complexity index is 647. The summed E-state index contributed by atoms with van der Waals surface area (Å²) in [5.41, 5.74) is 0.223. The average molecular weight is 449 g/mol. The van der Waals surface area contributed by atoms with E-state index in [1.165, 1.54) is 102 Å². The van der Waals surface area contributed by atoms with Crippen LogP contribution < -0.4 is 34.7 Å². The van der Waals surface area contributed by atoms with E-state index in [9.17, 15) is 18.1 Å². The van der Waals surface area contributed by atoms with Crippen molar-refractivity contribution in [2.75, 3.05) is 0 Å². The molecule has 0 heterocycles. The zero-order chi connectivity index (χ0) is 21.4. The van der Waals surface area contributed by atoms with Crippen LogP contribution in [0.1, 0.15) is 115 Å². The van der Waals surface area contributed by atoms with Crippen molar-refractivity contribution in [2.24, 2.45) is 0 Å². The van der Waals surface area contributed by atoms with Gasteiger partial charge in [0.15, 0.2) is 0 Å². The maximum absolute atomic E-state index is 11.9. The van der Waals surface area contributed by atoms with Crippen LogP contribution in [0.4, 0.5) is 0 Å². The van der Waals surface area contributed by atoms with Gasteiger partial charge in [-0.3, -0.25) is 4.55 Å². The minimum absolute atomic E-state index is 0. The summed E-state index contributed by atoms with van der Waals surface area (Å²) in [6, 6.07) is 4.04. The normalized spacial score (nSPS) is 11.4. The second-order valence-electron chi connectivity index (χ2n) is 8.26. The fraction of sp³-hybridized carbons (Fsp3) is 0.750. The summed E-state index contributed by atoms with van der Waals surface area (Å²) in [5, 5.41) is 11.9.